The summed E-state index contributed by atoms with van der Waals surface area (Å²) in [6, 6.07) is 25.5. The molecule has 0 radical (unpaired) electrons. The van der Waals surface area contributed by atoms with Crippen LogP contribution in [-0.2, 0) is 13.2 Å². The Morgan fingerprint density at radius 3 is 2.24 bits per heavy atom. The van der Waals surface area contributed by atoms with E-state index in [1.54, 1.807) is 71.3 Å². The lowest BCUT2D eigenvalue weighted by atomic mass is 10.1. The molecule has 264 valence electrons. The molecular formula is C37H25N11O6. The number of phenolic OH excluding ortho intramolecular Hbond substituents is 1. The molecule has 1 aliphatic rings. The smallest absolute Gasteiger partial charge is 0.369 e. The van der Waals surface area contributed by atoms with Crippen molar-refractivity contribution in [1.82, 2.24) is 24.4 Å². The van der Waals surface area contributed by atoms with E-state index in [-0.39, 0.29) is 77.1 Å². The van der Waals surface area contributed by atoms with Crippen molar-refractivity contribution < 1.29 is 28.9 Å². The number of benzene rings is 4. The van der Waals surface area contributed by atoms with Gasteiger partial charge in [0.2, 0.25) is 11.8 Å². The molecule has 0 atom stereocenters. The Bertz CT molecular complexity index is 2720. The highest BCUT2D eigenvalue weighted by Crippen LogP contribution is 2.34. The summed E-state index contributed by atoms with van der Waals surface area (Å²) in [6.45, 7) is 0.344. The maximum absolute atomic E-state index is 13.3. The standard InChI is InChI=1S/C37H25N11O6/c38-18-29-32(48(53)28-11-4-3-10-27(28)47(29)52)26-17-23(12-13-30(26)49)44-43-22-7-5-6-21(16-22)19-54-34-31-33(41-37(39)42-34)45(20-40-31)14-15-46-35(50)24-8-1-2-9-25(24)36(46)51/h1-13,16-17,20,49H,14-15,19H2,(H2,39,41,42). The third-order valence-electron chi connectivity index (χ3n) is 8.75. The number of hydrogen-bond donors (Lipinski definition) is 2. The number of nitrogens with zero attached hydrogens (tertiary/aromatic N) is 10. The third-order valence-corrected chi connectivity index (χ3v) is 8.75. The molecular weight excluding hydrogens is 694 g/mol. The van der Waals surface area contributed by atoms with Crippen molar-refractivity contribution in [3.8, 4) is 29.0 Å². The summed E-state index contributed by atoms with van der Waals surface area (Å²) in [5, 5.41) is 55.3. The number of imide groups is 1. The number of amides is 2. The molecule has 4 aromatic carbocycles. The van der Waals surface area contributed by atoms with Crippen LogP contribution in [0.25, 0.3) is 33.5 Å². The topological polar surface area (TPSA) is 239 Å². The Hall–Kier alpha value is -8.00. The second-order valence-electron chi connectivity index (χ2n) is 12.1. The first-order valence-electron chi connectivity index (χ1n) is 16.3. The summed E-state index contributed by atoms with van der Waals surface area (Å²) in [5.74, 6) is -0.998. The van der Waals surface area contributed by atoms with E-state index in [9.17, 15) is 30.4 Å². The normalized spacial score (nSPS) is 12.5. The van der Waals surface area contributed by atoms with Crippen molar-refractivity contribution in [2.45, 2.75) is 13.2 Å². The average Bonchev–Trinajstić information content (AvgIpc) is 3.70. The number of nitriles is 1. The Morgan fingerprint density at radius 1 is 0.833 bits per heavy atom. The number of azo groups is 1. The number of aromatic nitrogens is 6. The molecule has 2 amide bonds. The lowest BCUT2D eigenvalue weighted by molar-refractivity contribution is -0.622. The molecule has 0 fully saturated rings. The van der Waals surface area contributed by atoms with Crippen LogP contribution in [0, 0.1) is 21.7 Å². The number of phenols is 1. The van der Waals surface area contributed by atoms with Gasteiger partial charge in [-0.15, -0.1) is 4.73 Å². The number of carbonyl (C=O) groups is 2. The quantitative estimate of drug-likeness (QED) is 0.0919. The van der Waals surface area contributed by atoms with Gasteiger partial charge in [0.1, 0.15) is 12.4 Å². The predicted molar refractivity (Wildman–Crippen MR) is 190 cm³/mol. The van der Waals surface area contributed by atoms with Crippen LogP contribution >= 0.6 is 0 Å². The van der Waals surface area contributed by atoms with Crippen molar-refractivity contribution >= 4 is 51.3 Å². The van der Waals surface area contributed by atoms with Crippen LogP contribution in [-0.4, -0.2) is 47.9 Å². The molecule has 3 aromatic heterocycles. The summed E-state index contributed by atoms with van der Waals surface area (Å²) in [6.07, 6.45) is 1.51. The number of hydrogen-bond acceptors (Lipinski definition) is 13. The lowest BCUT2D eigenvalue weighted by Gasteiger charge is -2.14. The number of ether oxygens (including phenoxy) is 1. The Morgan fingerprint density at radius 2 is 1.52 bits per heavy atom. The fraction of sp³-hybridized carbons (Fsp3) is 0.0811. The maximum atomic E-state index is 13.3. The molecule has 17 nitrogen and oxygen atoms in total. The molecule has 1 aliphatic heterocycles. The minimum absolute atomic E-state index is 0.00609. The van der Waals surface area contributed by atoms with Gasteiger partial charge in [0.25, 0.3) is 22.8 Å². The van der Waals surface area contributed by atoms with E-state index in [1.165, 1.54) is 41.6 Å². The number of anilines is 1. The zero-order chi connectivity index (χ0) is 37.5. The van der Waals surface area contributed by atoms with Crippen molar-refractivity contribution in [2.75, 3.05) is 12.3 Å². The second-order valence-corrected chi connectivity index (χ2v) is 12.1. The van der Waals surface area contributed by atoms with Gasteiger partial charge in [-0.1, -0.05) is 36.4 Å². The van der Waals surface area contributed by atoms with Gasteiger partial charge in [-0.25, -0.2) is 4.98 Å². The van der Waals surface area contributed by atoms with Gasteiger partial charge in [-0.2, -0.15) is 30.2 Å². The van der Waals surface area contributed by atoms with Crippen molar-refractivity contribution in [1.29, 1.82) is 5.26 Å². The number of imidazole rings is 1. The maximum Gasteiger partial charge on any atom is 0.369 e. The molecule has 0 aliphatic carbocycles. The van der Waals surface area contributed by atoms with E-state index in [0.29, 0.717) is 43.0 Å². The molecule has 0 bridgehead atoms. The Kier molecular flexibility index (Phi) is 8.15. The van der Waals surface area contributed by atoms with E-state index in [0.717, 1.165) is 0 Å². The SMILES string of the molecule is N#Cc1c(-c2cc(N=Nc3cccc(COc4nc(N)nc5c4ncn5CCN4C(=O)c5ccccc5C4=O)c3)ccc2O)[n+]([O-])c2ccccc2[n+]1[O-]. The summed E-state index contributed by atoms with van der Waals surface area (Å²) in [5.41, 5.74) is 7.94. The van der Waals surface area contributed by atoms with Crippen LogP contribution < -0.4 is 19.9 Å². The number of aromatic hydroxyl groups is 1. The van der Waals surface area contributed by atoms with Crippen LogP contribution in [0.2, 0.25) is 0 Å². The molecule has 0 unspecified atom stereocenters. The van der Waals surface area contributed by atoms with E-state index in [1.807, 2.05) is 0 Å². The summed E-state index contributed by atoms with van der Waals surface area (Å²) >= 11 is 0. The first-order chi connectivity index (χ1) is 26.2. The molecule has 8 rings (SSSR count). The highest BCUT2D eigenvalue weighted by atomic mass is 16.5. The molecule has 4 heterocycles. The minimum atomic E-state index is -0.489. The lowest BCUT2D eigenvalue weighted by Crippen LogP contribution is -2.43. The molecule has 0 saturated carbocycles. The largest absolute Gasteiger partial charge is 0.617 e. The third kappa shape index (κ3) is 5.75. The number of nitrogens with two attached hydrogens (primary N) is 1. The number of fused-ring (bicyclic) bond motifs is 3. The second kappa shape index (κ2) is 13.3. The van der Waals surface area contributed by atoms with Gasteiger partial charge in [0.05, 0.1) is 34.4 Å². The fourth-order valence-electron chi connectivity index (χ4n) is 6.18. The minimum Gasteiger partial charge on any atom is -0.617 e. The van der Waals surface area contributed by atoms with Crippen LogP contribution in [0.15, 0.2) is 108 Å². The van der Waals surface area contributed by atoms with Gasteiger partial charge in [0.15, 0.2) is 17.2 Å². The van der Waals surface area contributed by atoms with Crippen LogP contribution in [0.3, 0.4) is 0 Å². The number of nitrogen functional groups attached to an aromatic ring is 1. The van der Waals surface area contributed by atoms with E-state index >= 15 is 0 Å². The van der Waals surface area contributed by atoms with Crippen LogP contribution in [0.1, 0.15) is 32.0 Å². The number of carbonyl (C=O) groups excluding carboxylic acids is 2. The predicted octanol–water partition coefficient (Wildman–Crippen LogP) is 4.36. The highest BCUT2D eigenvalue weighted by Gasteiger charge is 2.35. The zero-order valence-electron chi connectivity index (χ0n) is 27.9. The van der Waals surface area contributed by atoms with Crippen molar-refractivity contribution in [3.05, 3.63) is 130 Å². The van der Waals surface area contributed by atoms with Crippen molar-refractivity contribution in [3.63, 3.8) is 0 Å². The molecule has 0 spiro atoms. The molecule has 0 saturated heterocycles. The van der Waals surface area contributed by atoms with Gasteiger partial charge in [-0.05, 0) is 48.0 Å². The highest BCUT2D eigenvalue weighted by molar-refractivity contribution is 6.21. The number of rotatable bonds is 9. The van der Waals surface area contributed by atoms with Gasteiger partial charge in [0, 0.05) is 25.2 Å². The molecule has 54 heavy (non-hydrogen) atoms. The van der Waals surface area contributed by atoms with E-state index in [2.05, 4.69) is 25.2 Å². The molecule has 17 heteroatoms. The molecule has 3 N–H and O–H groups in total. The molecule has 7 aromatic rings. The van der Waals surface area contributed by atoms with Gasteiger partial charge >= 0.3 is 11.4 Å². The van der Waals surface area contributed by atoms with E-state index < -0.39 is 5.69 Å². The summed E-state index contributed by atoms with van der Waals surface area (Å²) in [4.78, 5) is 39.8. The van der Waals surface area contributed by atoms with Gasteiger partial charge < -0.3 is 30.6 Å². The van der Waals surface area contributed by atoms with Gasteiger partial charge in [-0.3, -0.25) is 14.5 Å². The summed E-state index contributed by atoms with van der Waals surface area (Å²) < 4.78 is 8.46. The van der Waals surface area contributed by atoms with E-state index in [4.69, 9.17) is 10.5 Å². The first kappa shape index (κ1) is 33.2. The summed E-state index contributed by atoms with van der Waals surface area (Å²) in [7, 11) is 0. The average molecular weight is 720 g/mol. The van der Waals surface area contributed by atoms with Crippen LogP contribution in [0.4, 0.5) is 17.3 Å². The zero-order valence-corrected chi connectivity index (χ0v) is 27.9. The Balaban J connectivity index is 0.991. The fourth-order valence-corrected chi connectivity index (χ4v) is 6.18. The Labute approximate surface area is 304 Å². The number of para-hydroxylation sites is 2. The van der Waals surface area contributed by atoms with Crippen LogP contribution in [0.5, 0.6) is 11.6 Å². The first-order valence-corrected chi connectivity index (χ1v) is 16.3. The van der Waals surface area contributed by atoms with Crippen molar-refractivity contribution in [2.24, 2.45) is 10.2 Å². The monoisotopic (exact) mass is 719 g/mol.